The van der Waals surface area contributed by atoms with Crippen molar-refractivity contribution in [2.45, 2.75) is 82.1 Å². The van der Waals surface area contributed by atoms with Crippen LogP contribution in [0.5, 0.6) is 0 Å². The lowest BCUT2D eigenvalue weighted by molar-refractivity contribution is -0.131. The number of Topliss-reactive ketones (excluding diaryl/α,β-unsaturated/α-hetero) is 1. The van der Waals surface area contributed by atoms with E-state index in [9.17, 15) is 14.4 Å². The van der Waals surface area contributed by atoms with Crippen molar-refractivity contribution in [2.75, 3.05) is 6.54 Å². The van der Waals surface area contributed by atoms with E-state index in [1.54, 1.807) is 0 Å². The molecule has 28 heavy (non-hydrogen) atoms. The lowest BCUT2D eigenvalue weighted by atomic mass is 9.84. The Morgan fingerprint density at radius 2 is 1.54 bits per heavy atom. The molecule has 3 amide bonds. The molecular weight excluding hydrogens is 352 g/mol. The quantitative estimate of drug-likeness (QED) is 0.613. The fourth-order valence-electron chi connectivity index (χ4n) is 5.10. The molecule has 0 bridgehead atoms. The minimum Gasteiger partial charge on any atom is -0.323 e. The number of benzene rings is 1. The Bertz CT molecular complexity index is 742. The number of urea groups is 1. The summed E-state index contributed by atoms with van der Waals surface area (Å²) in [5.41, 5.74) is 1.09. The summed E-state index contributed by atoms with van der Waals surface area (Å²) in [5.74, 6) is 0.204. The van der Waals surface area contributed by atoms with Gasteiger partial charge in [0, 0.05) is 5.56 Å². The zero-order chi connectivity index (χ0) is 19.6. The van der Waals surface area contributed by atoms with Crippen molar-refractivity contribution in [2.24, 2.45) is 0 Å². The molecule has 1 saturated heterocycles. The van der Waals surface area contributed by atoms with E-state index in [-0.39, 0.29) is 18.2 Å². The van der Waals surface area contributed by atoms with Crippen LogP contribution >= 0.6 is 0 Å². The molecule has 3 fully saturated rings. The predicted molar refractivity (Wildman–Crippen MR) is 107 cm³/mol. The van der Waals surface area contributed by atoms with Crippen LogP contribution in [0.4, 0.5) is 4.79 Å². The topological polar surface area (TPSA) is 66.5 Å². The van der Waals surface area contributed by atoms with Gasteiger partial charge in [-0.2, -0.15) is 0 Å². The molecule has 2 aliphatic carbocycles. The largest absolute Gasteiger partial charge is 0.325 e. The van der Waals surface area contributed by atoms with Gasteiger partial charge in [0.1, 0.15) is 5.54 Å². The number of nitrogens with one attached hydrogen (secondary N) is 1. The Hall–Kier alpha value is -2.17. The number of rotatable bonds is 4. The van der Waals surface area contributed by atoms with Gasteiger partial charge in [0.25, 0.3) is 5.91 Å². The molecule has 0 atom stereocenters. The second-order valence-electron chi connectivity index (χ2n) is 8.70. The molecule has 1 N–H and O–H groups in total. The van der Waals surface area contributed by atoms with Gasteiger partial charge in [-0.25, -0.2) is 4.79 Å². The first-order valence-corrected chi connectivity index (χ1v) is 10.9. The molecule has 1 aliphatic heterocycles. The first-order valence-electron chi connectivity index (χ1n) is 10.9. The first-order chi connectivity index (χ1) is 13.6. The van der Waals surface area contributed by atoms with Crippen molar-refractivity contribution < 1.29 is 14.4 Å². The number of hydrogen-bond acceptors (Lipinski definition) is 3. The second-order valence-corrected chi connectivity index (χ2v) is 8.70. The Morgan fingerprint density at radius 1 is 0.929 bits per heavy atom. The number of carbonyl (C=O) groups is 3. The third-order valence-corrected chi connectivity index (χ3v) is 6.81. The van der Waals surface area contributed by atoms with Gasteiger partial charge in [0.2, 0.25) is 0 Å². The summed E-state index contributed by atoms with van der Waals surface area (Å²) in [7, 11) is 0. The van der Waals surface area contributed by atoms with E-state index >= 15 is 0 Å². The summed E-state index contributed by atoms with van der Waals surface area (Å²) in [6.07, 6.45) is 11.7. The molecule has 4 rings (SSSR count). The van der Waals surface area contributed by atoms with E-state index < -0.39 is 11.6 Å². The van der Waals surface area contributed by atoms with Crippen LogP contribution in [0.25, 0.3) is 0 Å². The Kier molecular flexibility index (Phi) is 5.51. The molecule has 1 aromatic carbocycles. The fourth-order valence-corrected chi connectivity index (χ4v) is 5.10. The number of ketones is 1. The van der Waals surface area contributed by atoms with Gasteiger partial charge >= 0.3 is 6.03 Å². The maximum atomic E-state index is 13.0. The van der Waals surface area contributed by atoms with Crippen molar-refractivity contribution in [1.29, 1.82) is 0 Å². The monoisotopic (exact) mass is 382 g/mol. The number of amides is 3. The van der Waals surface area contributed by atoms with Gasteiger partial charge in [-0.05, 0) is 37.2 Å². The average Bonchev–Trinajstić information content (AvgIpc) is 2.88. The molecule has 0 radical (unpaired) electrons. The first kappa shape index (κ1) is 19.2. The SMILES string of the molecule is O=C(CN1C(=O)NC2(CCCCCC2)C1=O)c1ccc(C2CCCCC2)cc1. The average molecular weight is 383 g/mol. The number of hydrogen-bond donors (Lipinski definition) is 1. The molecule has 0 aromatic heterocycles. The highest BCUT2D eigenvalue weighted by Gasteiger charge is 2.51. The molecule has 3 aliphatic rings. The fraction of sp³-hybridized carbons (Fsp3) is 0.609. The summed E-state index contributed by atoms with van der Waals surface area (Å²) in [4.78, 5) is 39.3. The number of carbonyl (C=O) groups excluding carboxylic acids is 3. The van der Waals surface area contributed by atoms with Gasteiger partial charge in [0.15, 0.2) is 5.78 Å². The van der Waals surface area contributed by atoms with Crippen LogP contribution in [0.3, 0.4) is 0 Å². The maximum Gasteiger partial charge on any atom is 0.325 e. The van der Waals surface area contributed by atoms with E-state index in [1.165, 1.54) is 37.7 Å². The molecule has 0 unspecified atom stereocenters. The van der Waals surface area contributed by atoms with E-state index in [0.29, 0.717) is 24.3 Å². The van der Waals surface area contributed by atoms with Crippen LogP contribution in [0.1, 0.15) is 92.5 Å². The van der Waals surface area contributed by atoms with Crippen LogP contribution in [-0.2, 0) is 4.79 Å². The summed E-state index contributed by atoms with van der Waals surface area (Å²) in [6, 6.07) is 7.38. The summed E-state index contributed by atoms with van der Waals surface area (Å²) in [5, 5.41) is 2.90. The standard InChI is InChI=1S/C23H30N2O3/c26-20(19-12-10-18(11-13-19)17-8-4-3-5-9-17)16-25-21(27)23(24-22(25)28)14-6-1-2-7-15-23/h10-13,17H,1-9,14-16H2,(H,24,28). The highest BCUT2D eigenvalue weighted by molar-refractivity contribution is 6.11. The van der Waals surface area contributed by atoms with Crippen molar-refractivity contribution in [3.05, 3.63) is 35.4 Å². The molecule has 1 aromatic rings. The van der Waals surface area contributed by atoms with Crippen LogP contribution < -0.4 is 5.32 Å². The predicted octanol–water partition coefficient (Wildman–Crippen LogP) is 4.56. The number of nitrogens with zero attached hydrogens (tertiary/aromatic N) is 1. The summed E-state index contributed by atoms with van der Waals surface area (Å²) in [6.45, 7) is -0.171. The Morgan fingerprint density at radius 3 is 2.18 bits per heavy atom. The van der Waals surface area contributed by atoms with Gasteiger partial charge in [-0.3, -0.25) is 14.5 Å². The molecule has 1 spiro atoms. The lowest BCUT2D eigenvalue weighted by Gasteiger charge is -2.24. The highest BCUT2D eigenvalue weighted by Crippen LogP contribution is 2.34. The van der Waals surface area contributed by atoms with Crippen molar-refractivity contribution in [3.8, 4) is 0 Å². The summed E-state index contributed by atoms with van der Waals surface area (Å²) < 4.78 is 0. The van der Waals surface area contributed by atoms with E-state index in [0.717, 1.165) is 30.6 Å². The molecule has 5 heteroatoms. The number of imide groups is 1. The van der Waals surface area contributed by atoms with E-state index in [4.69, 9.17) is 0 Å². The smallest absolute Gasteiger partial charge is 0.323 e. The van der Waals surface area contributed by atoms with Gasteiger partial charge in [-0.15, -0.1) is 0 Å². The van der Waals surface area contributed by atoms with E-state index in [2.05, 4.69) is 5.32 Å². The minimum atomic E-state index is -0.779. The van der Waals surface area contributed by atoms with Crippen molar-refractivity contribution in [1.82, 2.24) is 10.2 Å². The van der Waals surface area contributed by atoms with Gasteiger partial charge in [0.05, 0.1) is 6.54 Å². The zero-order valence-electron chi connectivity index (χ0n) is 16.5. The molecule has 1 heterocycles. The molecule has 150 valence electrons. The zero-order valence-corrected chi connectivity index (χ0v) is 16.5. The summed E-state index contributed by atoms with van der Waals surface area (Å²) >= 11 is 0. The van der Waals surface area contributed by atoms with Crippen molar-refractivity contribution >= 4 is 17.7 Å². The lowest BCUT2D eigenvalue weighted by Crippen LogP contribution is -2.46. The molecular formula is C23H30N2O3. The third kappa shape index (κ3) is 3.71. The maximum absolute atomic E-state index is 13.0. The van der Waals surface area contributed by atoms with Crippen LogP contribution in [0, 0.1) is 0 Å². The minimum absolute atomic E-state index is 0.171. The third-order valence-electron chi connectivity index (χ3n) is 6.81. The highest BCUT2D eigenvalue weighted by atomic mass is 16.2. The normalized spacial score (nSPS) is 22.9. The Balaban J connectivity index is 1.43. The van der Waals surface area contributed by atoms with Crippen molar-refractivity contribution in [3.63, 3.8) is 0 Å². The van der Waals surface area contributed by atoms with Gasteiger partial charge < -0.3 is 5.32 Å². The van der Waals surface area contributed by atoms with E-state index in [1.807, 2.05) is 24.3 Å². The van der Waals surface area contributed by atoms with Crippen LogP contribution in [0.15, 0.2) is 24.3 Å². The molecule has 2 saturated carbocycles. The van der Waals surface area contributed by atoms with Crippen LogP contribution in [-0.4, -0.2) is 34.7 Å². The molecule has 5 nitrogen and oxygen atoms in total. The van der Waals surface area contributed by atoms with Gasteiger partial charge in [-0.1, -0.05) is 69.2 Å². The van der Waals surface area contributed by atoms with Crippen LogP contribution in [0.2, 0.25) is 0 Å². The second kappa shape index (κ2) is 8.06. The Labute approximate surface area is 166 Å².